The van der Waals surface area contributed by atoms with Crippen LogP contribution in [0.1, 0.15) is 11.1 Å². The zero-order valence-electron chi connectivity index (χ0n) is 11.6. The highest BCUT2D eigenvalue weighted by Gasteiger charge is 2.14. The fraction of sp³-hybridized carbons (Fsp3) is 0.0556. The summed E-state index contributed by atoms with van der Waals surface area (Å²) in [7, 11) is 0. The third kappa shape index (κ3) is 2.35. The highest BCUT2D eigenvalue weighted by Crippen LogP contribution is 2.33. The van der Waals surface area contributed by atoms with E-state index in [0.717, 1.165) is 39.3 Å². The van der Waals surface area contributed by atoms with E-state index in [1.807, 2.05) is 42.6 Å². The van der Waals surface area contributed by atoms with Crippen LogP contribution < -0.4 is 5.32 Å². The third-order valence-electron chi connectivity index (χ3n) is 3.86. The standard InChI is InChI=1S/C18H12Cl2N2/c19-12-3-1-11-2-6-16(22-17(11)9-12)15-7-8-21-18-10-13(20)4-5-14(15)18/h1,3-10,22H,2H2. The Balaban J connectivity index is 1.82. The average Bonchev–Trinajstić information content (AvgIpc) is 2.53. The van der Waals surface area contributed by atoms with E-state index in [1.165, 1.54) is 5.56 Å². The number of nitrogens with zero attached hydrogens (tertiary/aromatic N) is 1. The number of hydrogen-bond acceptors (Lipinski definition) is 2. The van der Waals surface area contributed by atoms with Gasteiger partial charge in [0.25, 0.3) is 0 Å². The van der Waals surface area contributed by atoms with Crippen molar-refractivity contribution in [3.05, 3.63) is 75.9 Å². The van der Waals surface area contributed by atoms with Crippen LogP contribution in [0.5, 0.6) is 0 Å². The highest BCUT2D eigenvalue weighted by molar-refractivity contribution is 6.31. The van der Waals surface area contributed by atoms with Crippen LogP contribution in [0.3, 0.4) is 0 Å². The minimum atomic E-state index is 0.694. The van der Waals surface area contributed by atoms with Crippen molar-refractivity contribution in [3.63, 3.8) is 0 Å². The summed E-state index contributed by atoms with van der Waals surface area (Å²) in [5.74, 6) is 0. The Labute approximate surface area is 138 Å². The Kier molecular flexibility index (Phi) is 3.29. The molecule has 4 heteroatoms. The molecule has 1 N–H and O–H groups in total. The summed E-state index contributed by atoms with van der Waals surface area (Å²) in [6, 6.07) is 13.7. The SMILES string of the molecule is Clc1ccc2c(c1)NC(c1ccnc3cc(Cl)ccc13)=CC2. The lowest BCUT2D eigenvalue weighted by Gasteiger charge is -2.21. The quantitative estimate of drug-likeness (QED) is 0.634. The molecule has 0 aliphatic carbocycles. The molecule has 2 nitrogen and oxygen atoms in total. The van der Waals surface area contributed by atoms with Gasteiger partial charge in [0.1, 0.15) is 0 Å². The molecule has 0 spiro atoms. The van der Waals surface area contributed by atoms with Gasteiger partial charge in [-0.2, -0.15) is 0 Å². The zero-order chi connectivity index (χ0) is 15.1. The first-order valence-electron chi connectivity index (χ1n) is 7.01. The van der Waals surface area contributed by atoms with Crippen LogP contribution in [0.15, 0.2) is 54.7 Å². The lowest BCUT2D eigenvalue weighted by atomic mass is 9.99. The van der Waals surface area contributed by atoms with Gasteiger partial charge in [0.05, 0.1) is 5.52 Å². The fourth-order valence-electron chi connectivity index (χ4n) is 2.78. The number of pyridine rings is 1. The van der Waals surface area contributed by atoms with Crippen LogP contribution in [0.2, 0.25) is 10.0 Å². The maximum atomic E-state index is 6.10. The van der Waals surface area contributed by atoms with Crippen molar-refractivity contribution in [2.45, 2.75) is 6.42 Å². The van der Waals surface area contributed by atoms with E-state index in [9.17, 15) is 0 Å². The minimum absolute atomic E-state index is 0.694. The first-order valence-corrected chi connectivity index (χ1v) is 7.76. The second kappa shape index (κ2) is 5.31. The maximum Gasteiger partial charge on any atom is 0.0723 e. The van der Waals surface area contributed by atoms with Gasteiger partial charge in [-0.15, -0.1) is 0 Å². The average molecular weight is 327 g/mol. The monoisotopic (exact) mass is 326 g/mol. The predicted octanol–water partition coefficient (Wildman–Crippen LogP) is 5.55. The van der Waals surface area contributed by atoms with E-state index in [2.05, 4.69) is 22.4 Å². The van der Waals surface area contributed by atoms with Gasteiger partial charge < -0.3 is 5.32 Å². The molecule has 0 saturated heterocycles. The number of fused-ring (bicyclic) bond motifs is 2. The van der Waals surface area contributed by atoms with E-state index < -0.39 is 0 Å². The van der Waals surface area contributed by atoms with Crippen molar-refractivity contribution >= 4 is 45.5 Å². The van der Waals surface area contributed by atoms with Crippen molar-refractivity contribution < 1.29 is 0 Å². The molecule has 0 unspecified atom stereocenters. The highest BCUT2D eigenvalue weighted by atomic mass is 35.5. The maximum absolute atomic E-state index is 6.10. The second-order valence-corrected chi connectivity index (χ2v) is 6.14. The number of benzene rings is 2. The van der Waals surface area contributed by atoms with Gasteiger partial charge in [-0.3, -0.25) is 4.98 Å². The Morgan fingerprint density at radius 3 is 2.68 bits per heavy atom. The predicted molar refractivity (Wildman–Crippen MR) is 93.5 cm³/mol. The molecule has 0 saturated carbocycles. The molecule has 4 rings (SSSR count). The second-order valence-electron chi connectivity index (χ2n) is 5.27. The van der Waals surface area contributed by atoms with Crippen LogP contribution in [-0.4, -0.2) is 4.98 Å². The molecule has 0 amide bonds. The fourth-order valence-corrected chi connectivity index (χ4v) is 3.12. The zero-order valence-corrected chi connectivity index (χ0v) is 13.1. The lowest BCUT2D eigenvalue weighted by molar-refractivity contribution is 1.23. The minimum Gasteiger partial charge on any atom is -0.355 e. The number of aromatic nitrogens is 1. The molecule has 3 aromatic rings. The third-order valence-corrected chi connectivity index (χ3v) is 4.33. The van der Waals surface area contributed by atoms with Crippen molar-refractivity contribution in [3.8, 4) is 0 Å². The molecule has 0 atom stereocenters. The number of halogens is 2. The molecule has 0 fully saturated rings. The molecule has 1 aliphatic rings. The summed E-state index contributed by atoms with van der Waals surface area (Å²) in [4.78, 5) is 4.40. The van der Waals surface area contributed by atoms with Crippen LogP contribution in [0.4, 0.5) is 5.69 Å². The smallest absolute Gasteiger partial charge is 0.0723 e. The number of allylic oxidation sites excluding steroid dienone is 1. The summed E-state index contributed by atoms with van der Waals surface area (Å²) in [6.45, 7) is 0. The number of rotatable bonds is 1. The molecule has 0 radical (unpaired) electrons. The topological polar surface area (TPSA) is 24.9 Å². The van der Waals surface area contributed by atoms with Gasteiger partial charge in [-0.1, -0.05) is 41.4 Å². The molecule has 2 aromatic carbocycles. The van der Waals surface area contributed by atoms with Crippen molar-refractivity contribution in [2.24, 2.45) is 0 Å². The van der Waals surface area contributed by atoms with E-state index in [1.54, 1.807) is 0 Å². The summed E-state index contributed by atoms with van der Waals surface area (Å²) in [5.41, 5.74) is 5.39. The molecular weight excluding hydrogens is 315 g/mol. The largest absolute Gasteiger partial charge is 0.355 e. The first kappa shape index (κ1) is 13.6. The molecule has 108 valence electrons. The Hall–Kier alpha value is -2.03. The number of hydrogen-bond donors (Lipinski definition) is 1. The van der Waals surface area contributed by atoms with E-state index >= 15 is 0 Å². The van der Waals surface area contributed by atoms with Crippen LogP contribution in [0.25, 0.3) is 16.6 Å². The summed E-state index contributed by atoms with van der Waals surface area (Å²) in [5, 5.41) is 5.99. The number of nitrogens with one attached hydrogen (secondary N) is 1. The molecule has 22 heavy (non-hydrogen) atoms. The Morgan fingerprint density at radius 2 is 1.77 bits per heavy atom. The molecule has 0 bridgehead atoms. The first-order chi connectivity index (χ1) is 10.7. The molecule has 1 aromatic heterocycles. The lowest BCUT2D eigenvalue weighted by Crippen LogP contribution is -2.07. The van der Waals surface area contributed by atoms with E-state index in [-0.39, 0.29) is 0 Å². The summed E-state index contributed by atoms with van der Waals surface area (Å²) >= 11 is 12.2. The van der Waals surface area contributed by atoms with E-state index in [0.29, 0.717) is 5.02 Å². The molecule has 1 aliphatic heterocycles. The van der Waals surface area contributed by atoms with Crippen molar-refractivity contribution in [2.75, 3.05) is 5.32 Å². The van der Waals surface area contributed by atoms with Gasteiger partial charge in [0.2, 0.25) is 0 Å². The summed E-state index contributed by atoms with van der Waals surface area (Å²) in [6.07, 6.45) is 4.88. The van der Waals surface area contributed by atoms with Gasteiger partial charge in [0.15, 0.2) is 0 Å². The number of anilines is 1. The summed E-state index contributed by atoms with van der Waals surface area (Å²) < 4.78 is 0. The Morgan fingerprint density at radius 1 is 0.955 bits per heavy atom. The van der Waals surface area contributed by atoms with Crippen molar-refractivity contribution in [1.29, 1.82) is 0 Å². The Bertz CT molecular complexity index is 916. The van der Waals surface area contributed by atoms with Gasteiger partial charge in [-0.25, -0.2) is 0 Å². The molecular formula is C18H12Cl2N2. The molecule has 2 heterocycles. The van der Waals surface area contributed by atoms with Crippen LogP contribution in [0, 0.1) is 0 Å². The van der Waals surface area contributed by atoms with Crippen LogP contribution >= 0.6 is 23.2 Å². The van der Waals surface area contributed by atoms with E-state index in [4.69, 9.17) is 23.2 Å². The normalized spacial score (nSPS) is 13.5. The van der Waals surface area contributed by atoms with Crippen molar-refractivity contribution in [1.82, 2.24) is 4.98 Å². The van der Waals surface area contributed by atoms with Crippen LogP contribution in [-0.2, 0) is 6.42 Å². The van der Waals surface area contributed by atoms with Gasteiger partial charge in [0, 0.05) is 38.6 Å². The van der Waals surface area contributed by atoms with Gasteiger partial charge in [-0.05, 0) is 42.3 Å². The van der Waals surface area contributed by atoms with Gasteiger partial charge >= 0.3 is 0 Å².